The van der Waals surface area contributed by atoms with Gasteiger partial charge in [-0.3, -0.25) is 4.79 Å². The van der Waals surface area contributed by atoms with E-state index in [1.54, 1.807) is 18.2 Å². The van der Waals surface area contributed by atoms with Crippen molar-refractivity contribution < 1.29 is 23.1 Å². The van der Waals surface area contributed by atoms with Crippen LogP contribution >= 0.6 is 0 Å². The molecule has 0 saturated heterocycles. The third-order valence-electron chi connectivity index (χ3n) is 3.11. The lowest BCUT2D eigenvalue weighted by Crippen LogP contribution is -2.18. The highest BCUT2D eigenvalue weighted by Gasteiger charge is 2.13. The van der Waals surface area contributed by atoms with Gasteiger partial charge < -0.3 is 15.2 Å². The van der Waals surface area contributed by atoms with E-state index in [1.165, 1.54) is 44.5 Å². The second-order valence-electron chi connectivity index (χ2n) is 4.96. The molecule has 0 fully saturated rings. The number of phenolic OH excluding ortho intramolecular Hbond substituents is 1. The van der Waals surface area contributed by atoms with Crippen LogP contribution in [-0.4, -0.2) is 32.8 Å². The lowest BCUT2D eigenvalue weighted by Gasteiger charge is -2.06. The summed E-state index contributed by atoms with van der Waals surface area (Å²) in [4.78, 5) is 13.0. The quantitative estimate of drug-likeness (QED) is 0.533. The molecule has 0 unspecified atom stereocenters. The number of anilines is 1. The van der Waals surface area contributed by atoms with Gasteiger partial charge in [0, 0.05) is 18.2 Å². The van der Waals surface area contributed by atoms with Crippen LogP contribution in [0, 0.1) is 0 Å². The molecular formula is C16H17N3O5S. The molecule has 0 radical (unpaired) electrons. The smallest absolute Gasteiger partial charge is 0.276 e. The van der Waals surface area contributed by atoms with Gasteiger partial charge in [0.2, 0.25) is 5.91 Å². The van der Waals surface area contributed by atoms with Crippen LogP contribution in [0.3, 0.4) is 0 Å². The predicted molar refractivity (Wildman–Crippen MR) is 93.3 cm³/mol. The molecule has 132 valence electrons. The van der Waals surface area contributed by atoms with Crippen molar-refractivity contribution in [2.24, 2.45) is 5.10 Å². The molecule has 0 aliphatic carbocycles. The Morgan fingerprint density at radius 1 is 1.20 bits per heavy atom. The fourth-order valence-corrected chi connectivity index (χ4v) is 2.74. The molecule has 3 N–H and O–H groups in total. The fraction of sp³-hybridized carbons (Fsp3) is 0.125. The number of carbonyl (C=O) groups excluding carboxylic acids is 1. The number of aromatic hydroxyl groups is 1. The number of benzene rings is 2. The van der Waals surface area contributed by atoms with Crippen molar-refractivity contribution in [1.82, 2.24) is 4.83 Å². The Balaban J connectivity index is 2.12. The summed E-state index contributed by atoms with van der Waals surface area (Å²) in [5.74, 6) is -0.149. The number of methoxy groups -OCH3 is 1. The summed E-state index contributed by atoms with van der Waals surface area (Å²) in [5, 5.41) is 16.1. The maximum Gasteiger partial charge on any atom is 0.276 e. The molecule has 0 atom stereocenters. The molecule has 9 heteroatoms. The normalized spacial score (nSPS) is 11.3. The largest absolute Gasteiger partial charge is 0.504 e. The summed E-state index contributed by atoms with van der Waals surface area (Å²) < 4.78 is 29.3. The standard InChI is InChI=1S/C16H17N3O5S/c1-11(20)18-13-6-8-14(9-7-13)25(22,23)19-17-10-12-4-3-5-15(24-2)16(12)21/h3-10,19,21H,1-2H3,(H,18,20)/b17-10+. The molecule has 2 aromatic rings. The van der Waals surface area contributed by atoms with Crippen molar-refractivity contribution in [2.45, 2.75) is 11.8 Å². The van der Waals surface area contributed by atoms with Gasteiger partial charge in [0.05, 0.1) is 18.2 Å². The second-order valence-corrected chi connectivity index (χ2v) is 6.62. The first-order valence-corrected chi connectivity index (χ1v) is 8.60. The summed E-state index contributed by atoms with van der Waals surface area (Å²) in [7, 11) is -2.47. The molecule has 0 saturated carbocycles. The number of phenols is 1. The molecule has 0 spiro atoms. The van der Waals surface area contributed by atoms with Crippen molar-refractivity contribution in [2.75, 3.05) is 12.4 Å². The van der Waals surface area contributed by atoms with Gasteiger partial charge in [-0.1, -0.05) is 6.07 Å². The molecule has 1 amide bonds. The van der Waals surface area contributed by atoms with Gasteiger partial charge in [0.1, 0.15) is 0 Å². The first-order chi connectivity index (χ1) is 11.8. The lowest BCUT2D eigenvalue weighted by atomic mass is 10.2. The number of sulfonamides is 1. The van der Waals surface area contributed by atoms with Gasteiger partial charge >= 0.3 is 0 Å². The zero-order chi connectivity index (χ0) is 18.4. The Morgan fingerprint density at radius 3 is 2.48 bits per heavy atom. The van der Waals surface area contributed by atoms with E-state index in [0.29, 0.717) is 11.3 Å². The number of nitrogens with zero attached hydrogens (tertiary/aromatic N) is 1. The van der Waals surface area contributed by atoms with E-state index < -0.39 is 10.0 Å². The highest BCUT2D eigenvalue weighted by atomic mass is 32.2. The first-order valence-electron chi connectivity index (χ1n) is 7.12. The number of hydrogen-bond donors (Lipinski definition) is 3. The number of rotatable bonds is 6. The van der Waals surface area contributed by atoms with Crippen molar-refractivity contribution in [3.63, 3.8) is 0 Å². The number of hydrazone groups is 1. The van der Waals surface area contributed by atoms with Gasteiger partial charge in [0.25, 0.3) is 10.0 Å². The maximum absolute atomic E-state index is 12.2. The van der Waals surface area contributed by atoms with Crippen LogP contribution in [0.4, 0.5) is 5.69 Å². The number of hydrogen-bond acceptors (Lipinski definition) is 6. The van der Waals surface area contributed by atoms with E-state index in [2.05, 4.69) is 15.2 Å². The molecule has 25 heavy (non-hydrogen) atoms. The van der Waals surface area contributed by atoms with Crippen LogP contribution < -0.4 is 14.9 Å². The summed E-state index contributed by atoms with van der Waals surface area (Å²) in [6, 6.07) is 10.4. The number of ether oxygens (including phenoxy) is 1. The molecular weight excluding hydrogens is 346 g/mol. The topological polar surface area (TPSA) is 117 Å². The number of nitrogens with one attached hydrogen (secondary N) is 2. The zero-order valence-electron chi connectivity index (χ0n) is 13.6. The van der Waals surface area contributed by atoms with Crippen molar-refractivity contribution in [3.05, 3.63) is 48.0 Å². The molecule has 2 rings (SSSR count). The highest BCUT2D eigenvalue weighted by molar-refractivity contribution is 7.89. The monoisotopic (exact) mass is 363 g/mol. The van der Waals surface area contributed by atoms with Gasteiger partial charge in [-0.15, -0.1) is 0 Å². The molecule has 0 aliphatic heterocycles. The first kappa shape index (κ1) is 18.3. The van der Waals surface area contributed by atoms with E-state index >= 15 is 0 Å². The van der Waals surface area contributed by atoms with E-state index in [1.807, 2.05) is 0 Å². The molecule has 0 aliphatic rings. The van der Waals surface area contributed by atoms with Gasteiger partial charge in [0.15, 0.2) is 11.5 Å². The average Bonchev–Trinajstić information content (AvgIpc) is 2.56. The van der Waals surface area contributed by atoms with Gasteiger partial charge in [-0.2, -0.15) is 13.5 Å². The Hall–Kier alpha value is -3.07. The third-order valence-corrected chi connectivity index (χ3v) is 4.35. The Labute approximate surface area is 145 Å². The summed E-state index contributed by atoms with van der Waals surface area (Å²) >= 11 is 0. The third kappa shape index (κ3) is 4.70. The molecule has 0 aromatic heterocycles. The summed E-state index contributed by atoms with van der Waals surface area (Å²) in [6.07, 6.45) is 1.17. The summed E-state index contributed by atoms with van der Waals surface area (Å²) in [5.41, 5.74) is 0.777. The number of carbonyl (C=O) groups is 1. The lowest BCUT2D eigenvalue weighted by molar-refractivity contribution is -0.114. The second kappa shape index (κ2) is 7.67. The maximum atomic E-state index is 12.2. The fourth-order valence-electron chi connectivity index (χ4n) is 1.95. The number of amides is 1. The van der Waals surface area contributed by atoms with Crippen molar-refractivity contribution >= 4 is 27.8 Å². The van der Waals surface area contributed by atoms with E-state index in [-0.39, 0.29) is 22.3 Å². The van der Waals surface area contributed by atoms with Crippen LogP contribution in [0.5, 0.6) is 11.5 Å². The Morgan fingerprint density at radius 2 is 1.88 bits per heavy atom. The molecule has 0 heterocycles. The van der Waals surface area contributed by atoms with E-state index in [0.717, 1.165) is 0 Å². The van der Waals surface area contributed by atoms with E-state index in [9.17, 15) is 18.3 Å². The van der Waals surface area contributed by atoms with Crippen molar-refractivity contribution in [1.29, 1.82) is 0 Å². The minimum absolute atomic E-state index is 0.0198. The van der Waals surface area contributed by atoms with Gasteiger partial charge in [-0.25, -0.2) is 4.83 Å². The van der Waals surface area contributed by atoms with Crippen LogP contribution in [0.1, 0.15) is 12.5 Å². The number of para-hydroxylation sites is 1. The van der Waals surface area contributed by atoms with Gasteiger partial charge in [-0.05, 0) is 36.4 Å². The molecule has 0 bridgehead atoms. The van der Waals surface area contributed by atoms with Crippen molar-refractivity contribution in [3.8, 4) is 11.5 Å². The van der Waals surface area contributed by atoms with Crippen LogP contribution in [0.15, 0.2) is 52.5 Å². The highest BCUT2D eigenvalue weighted by Crippen LogP contribution is 2.27. The Kier molecular flexibility index (Phi) is 5.60. The average molecular weight is 363 g/mol. The molecule has 2 aromatic carbocycles. The summed E-state index contributed by atoms with van der Waals surface area (Å²) in [6.45, 7) is 1.36. The van der Waals surface area contributed by atoms with Crippen LogP contribution in [-0.2, 0) is 14.8 Å². The predicted octanol–water partition coefficient (Wildman–Crippen LogP) is 1.67. The minimum atomic E-state index is -3.88. The van der Waals surface area contributed by atoms with Crippen LogP contribution in [0.2, 0.25) is 0 Å². The minimum Gasteiger partial charge on any atom is -0.504 e. The Bertz CT molecular complexity index is 892. The zero-order valence-corrected chi connectivity index (χ0v) is 14.4. The molecule has 8 nitrogen and oxygen atoms in total. The van der Waals surface area contributed by atoms with Crippen LogP contribution in [0.25, 0.3) is 0 Å². The SMILES string of the molecule is COc1cccc(/C=N/NS(=O)(=O)c2ccc(NC(C)=O)cc2)c1O. The van der Waals surface area contributed by atoms with E-state index in [4.69, 9.17) is 4.74 Å².